The Bertz CT molecular complexity index is 222. The smallest absolute Gasteiger partial charge is 0.0921 e. The molecule has 0 radical (unpaired) electrons. The summed E-state index contributed by atoms with van der Waals surface area (Å²) in [6.45, 7) is 6.09. The van der Waals surface area contributed by atoms with Gasteiger partial charge in [0, 0.05) is 12.5 Å². The molecule has 1 heterocycles. The second-order valence-corrected chi connectivity index (χ2v) is 4.91. The van der Waals surface area contributed by atoms with E-state index in [0.29, 0.717) is 18.4 Å². The van der Waals surface area contributed by atoms with E-state index in [2.05, 4.69) is 11.8 Å². The topological polar surface area (TPSA) is 73.3 Å². The number of nitrogens with zero attached hydrogens (tertiary/aromatic N) is 1. The Hall–Kier alpha value is -0.610. The molecule has 0 amide bonds. The average molecular weight is 227 g/mol. The predicted octanol–water partition coefficient (Wildman–Crippen LogP) is 1.18. The van der Waals surface area contributed by atoms with Crippen molar-refractivity contribution in [3.8, 4) is 0 Å². The fraction of sp³-hybridized carbons (Fsp3) is 0.917. The van der Waals surface area contributed by atoms with Crippen molar-refractivity contribution in [2.24, 2.45) is 11.7 Å². The third-order valence-electron chi connectivity index (χ3n) is 3.70. The van der Waals surface area contributed by atoms with Gasteiger partial charge in [-0.2, -0.15) is 0 Å². The van der Waals surface area contributed by atoms with E-state index in [-0.39, 0.29) is 11.9 Å². The molecule has 0 aromatic heterocycles. The van der Waals surface area contributed by atoms with Crippen LogP contribution in [-0.4, -0.2) is 41.1 Å². The summed E-state index contributed by atoms with van der Waals surface area (Å²) in [5.74, 6) is 0.732. The van der Waals surface area contributed by atoms with Crippen molar-refractivity contribution in [1.29, 1.82) is 5.41 Å². The van der Waals surface area contributed by atoms with Crippen LogP contribution in [0.5, 0.6) is 0 Å². The van der Waals surface area contributed by atoms with Gasteiger partial charge in [0.25, 0.3) is 0 Å². The Labute approximate surface area is 98.3 Å². The number of piperidine rings is 1. The van der Waals surface area contributed by atoms with Gasteiger partial charge < -0.3 is 10.8 Å². The van der Waals surface area contributed by atoms with Crippen LogP contribution in [0, 0.1) is 11.3 Å². The molecule has 1 aliphatic rings. The predicted molar refractivity (Wildman–Crippen MR) is 66.6 cm³/mol. The molecule has 4 nitrogen and oxygen atoms in total. The van der Waals surface area contributed by atoms with Crippen molar-refractivity contribution in [1.82, 2.24) is 4.90 Å². The highest BCUT2D eigenvalue weighted by atomic mass is 16.3. The molecule has 4 heteroatoms. The average Bonchev–Trinajstić information content (AvgIpc) is 2.25. The number of hydrogen-bond acceptors (Lipinski definition) is 3. The van der Waals surface area contributed by atoms with E-state index in [9.17, 15) is 5.11 Å². The minimum Gasteiger partial charge on any atom is -0.393 e. The minimum absolute atomic E-state index is 0.185. The lowest BCUT2D eigenvalue weighted by molar-refractivity contribution is 0.0560. The van der Waals surface area contributed by atoms with Crippen LogP contribution in [0.1, 0.15) is 39.5 Å². The lowest BCUT2D eigenvalue weighted by Gasteiger charge is -2.38. The molecular weight excluding hydrogens is 202 g/mol. The lowest BCUT2D eigenvalue weighted by atomic mass is 9.91. The second kappa shape index (κ2) is 6.21. The zero-order valence-electron chi connectivity index (χ0n) is 10.4. The Morgan fingerprint density at radius 3 is 2.44 bits per heavy atom. The van der Waals surface area contributed by atoms with Crippen LogP contribution in [0.3, 0.4) is 0 Å². The van der Waals surface area contributed by atoms with Gasteiger partial charge in [-0.15, -0.1) is 0 Å². The largest absolute Gasteiger partial charge is 0.393 e. The number of amidine groups is 1. The first-order valence-electron chi connectivity index (χ1n) is 6.29. The van der Waals surface area contributed by atoms with E-state index in [1.165, 1.54) is 0 Å². The van der Waals surface area contributed by atoms with Gasteiger partial charge in [-0.05, 0) is 45.2 Å². The molecule has 0 aromatic carbocycles. The highest BCUT2D eigenvalue weighted by molar-refractivity contribution is 5.77. The number of likely N-dealkylation sites (tertiary alicyclic amines) is 1. The van der Waals surface area contributed by atoms with Gasteiger partial charge in [-0.1, -0.05) is 6.92 Å². The van der Waals surface area contributed by atoms with Crippen LogP contribution < -0.4 is 5.73 Å². The maximum Gasteiger partial charge on any atom is 0.0921 e. The molecule has 4 N–H and O–H groups in total. The van der Waals surface area contributed by atoms with E-state index in [1.807, 2.05) is 6.92 Å². The summed E-state index contributed by atoms with van der Waals surface area (Å²) >= 11 is 0. The monoisotopic (exact) mass is 227 g/mol. The van der Waals surface area contributed by atoms with Crippen LogP contribution in [0.4, 0.5) is 0 Å². The maximum absolute atomic E-state index is 9.53. The van der Waals surface area contributed by atoms with Crippen molar-refractivity contribution in [2.45, 2.75) is 51.7 Å². The highest BCUT2D eigenvalue weighted by Gasteiger charge is 2.26. The summed E-state index contributed by atoms with van der Waals surface area (Å²) in [4.78, 5) is 2.42. The van der Waals surface area contributed by atoms with Crippen LogP contribution in [0.15, 0.2) is 0 Å². The van der Waals surface area contributed by atoms with Gasteiger partial charge >= 0.3 is 0 Å². The van der Waals surface area contributed by atoms with Gasteiger partial charge in [0.15, 0.2) is 0 Å². The van der Waals surface area contributed by atoms with Crippen LogP contribution in [0.25, 0.3) is 0 Å². The molecule has 1 aliphatic heterocycles. The number of aliphatic hydroxyl groups excluding tert-OH is 1. The molecule has 1 rings (SSSR count). The first-order chi connectivity index (χ1) is 7.54. The number of nitrogens with one attached hydrogen (secondary N) is 1. The van der Waals surface area contributed by atoms with E-state index in [0.717, 1.165) is 32.4 Å². The molecule has 16 heavy (non-hydrogen) atoms. The Balaban J connectivity index is 2.41. The zero-order valence-corrected chi connectivity index (χ0v) is 10.4. The molecule has 0 spiro atoms. The Kier molecular flexibility index (Phi) is 5.22. The SMILES string of the molecule is CCC(CC(=N)N)N1CCC(C(C)O)CC1. The Morgan fingerprint density at radius 2 is 2.06 bits per heavy atom. The first kappa shape index (κ1) is 13.5. The standard InChI is InChI=1S/C12H25N3O/c1-3-11(8-12(13)14)15-6-4-10(5-7-15)9(2)16/h9-11,16H,3-8H2,1-2H3,(H3,13,14). The van der Waals surface area contributed by atoms with Crippen molar-refractivity contribution >= 4 is 5.84 Å². The van der Waals surface area contributed by atoms with Gasteiger partial charge in [-0.3, -0.25) is 10.3 Å². The molecule has 0 aliphatic carbocycles. The summed E-state index contributed by atoms with van der Waals surface area (Å²) in [6.07, 6.45) is 3.66. The molecule has 2 unspecified atom stereocenters. The van der Waals surface area contributed by atoms with E-state index in [1.54, 1.807) is 0 Å². The fourth-order valence-corrected chi connectivity index (χ4v) is 2.55. The van der Waals surface area contributed by atoms with Gasteiger partial charge in [0.2, 0.25) is 0 Å². The van der Waals surface area contributed by atoms with E-state index >= 15 is 0 Å². The minimum atomic E-state index is -0.185. The third-order valence-corrected chi connectivity index (χ3v) is 3.70. The number of hydrogen-bond donors (Lipinski definition) is 3. The summed E-state index contributed by atoms with van der Waals surface area (Å²) in [5.41, 5.74) is 5.47. The molecule has 1 fully saturated rings. The molecule has 0 aromatic rings. The van der Waals surface area contributed by atoms with Crippen molar-refractivity contribution in [3.05, 3.63) is 0 Å². The van der Waals surface area contributed by atoms with Crippen molar-refractivity contribution in [2.75, 3.05) is 13.1 Å². The zero-order chi connectivity index (χ0) is 12.1. The molecular formula is C12H25N3O. The second-order valence-electron chi connectivity index (χ2n) is 4.91. The van der Waals surface area contributed by atoms with Gasteiger partial charge in [0.05, 0.1) is 11.9 Å². The Morgan fingerprint density at radius 1 is 1.50 bits per heavy atom. The summed E-state index contributed by atoms with van der Waals surface area (Å²) in [6, 6.07) is 0.410. The summed E-state index contributed by atoms with van der Waals surface area (Å²) in [7, 11) is 0. The molecule has 2 atom stereocenters. The van der Waals surface area contributed by atoms with Crippen LogP contribution in [-0.2, 0) is 0 Å². The van der Waals surface area contributed by atoms with Crippen LogP contribution in [0.2, 0.25) is 0 Å². The maximum atomic E-state index is 9.53. The molecule has 94 valence electrons. The third kappa shape index (κ3) is 3.76. The normalized spacial score (nSPS) is 22.9. The lowest BCUT2D eigenvalue weighted by Crippen LogP contribution is -2.44. The number of rotatable bonds is 5. The molecule has 0 saturated carbocycles. The number of aliphatic hydroxyl groups is 1. The quantitative estimate of drug-likeness (QED) is 0.488. The van der Waals surface area contributed by atoms with E-state index in [4.69, 9.17) is 11.1 Å². The van der Waals surface area contributed by atoms with Gasteiger partial charge in [0.1, 0.15) is 0 Å². The van der Waals surface area contributed by atoms with Crippen molar-refractivity contribution < 1.29 is 5.11 Å². The highest BCUT2D eigenvalue weighted by Crippen LogP contribution is 2.23. The first-order valence-corrected chi connectivity index (χ1v) is 6.29. The van der Waals surface area contributed by atoms with Crippen LogP contribution >= 0.6 is 0 Å². The number of nitrogens with two attached hydrogens (primary N) is 1. The van der Waals surface area contributed by atoms with Gasteiger partial charge in [-0.25, -0.2) is 0 Å². The summed E-state index contributed by atoms with van der Waals surface area (Å²) in [5, 5.41) is 16.9. The van der Waals surface area contributed by atoms with Crippen molar-refractivity contribution in [3.63, 3.8) is 0 Å². The molecule has 1 saturated heterocycles. The molecule has 0 bridgehead atoms. The fourth-order valence-electron chi connectivity index (χ4n) is 2.55. The van der Waals surface area contributed by atoms with E-state index < -0.39 is 0 Å². The summed E-state index contributed by atoms with van der Waals surface area (Å²) < 4.78 is 0.